The second-order valence-electron chi connectivity index (χ2n) is 3.69. The summed E-state index contributed by atoms with van der Waals surface area (Å²) in [5.74, 6) is 0.407. The SMILES string of the molecule is CCOCC.O=C1CCCN1.O=C1CCCN1. The minimum atomic E-state index is 0.204. The number of rotatable bonds is 2. The first-order chi connectivity index (χ1) is 8.20. The fraction of sp³-hybridized carbons (Fsp3) is 0.833. The highest BCUT2D eigenvalue weighted by Gasteiger charge is 2.05. The van der Waals surface area contributed by atoms with E-state index in [9.17, 15) is 9.59 Å². The molecule has 0 atom stereocenters. The van der Waals surface area contributed by atoms with Gasteiger partial charge in [0.1, 0.15) is 0 Å². The van der Waals surface area contributed by atoms with Gasteiger partial charge in [0.2, 0.25) is 11.8 Å². The molecule has 100 valence electrons. The zero-order valence-electron chi connectivity index (χ0n) is 10.9. The van der Waals surface area contributed by atoms with E-state index in [1.165, 1.54) is 0 Å². The van der Waals surface area contributed by atoms with E-state index in [0.717, 1.165) is 52.0 Å². The van der Waals surface area contributed by atoms with Crippen LogP contribution in [0.25, 0.3) is 0 Å². The summed E-state index contributed by atoms with van der Waals surface area (Å²) in [6, 6.07) is 0. The molecule has 0 spiro atoms. The maximum atomic E-state index is 10.1. The van der Waals surface area contributed by atoms with Crippen LogP contribution in [-0.4, -0.2) is 38.1 Å². The quantitative estimate of drug-likeness (QED) is 0.756. The molecular weight excluding hydrogens is 220 g/mol. The van der Waals surface area contributed by atoms with Crippen molar-refractivity contribution >= 4 is 11.8 Å². The summed E-state index contributed by atoms with van der Waals surface area (Å²) in [6.07, 6.45) is 3.53. The Morgan fingerprint density at radius 2 is 1.35 bits per heavy atom. The smallest absolute Gasteiger partial charge is 0.220 e. The standard InChI is InChI=1S/2C4H7NO.C4H10O/c2*6-4-2-1-3-5-4;1-3-5-4-2/h2*1-3H2,(H,5,6);3-4H2,1-2H3. The lowest BCUT2D eigenvalue weighted by atomic mass is 10.4. The Morgan fingerprint density at radius 1 is 0.941 bits per heavy atom. The van der Waals surface area contributed by atoms with E-state index < -0.39 is 0 Å². The molecule has 2 fully saturated rings. The van der Waals surface area contributed by atoms with E-state index >= 15 is 0 Å². The highest BCUT2D eigenvalue weighted by Crippen LogP contribution is 1.93. The topological polar surface area (TPSA) is 67.4 Å². The van der Waals surface area contributed by atoms with Crippen LogP contribution in [0.2, 0.25) is 0 Å². The maximum absolute atomic E-state index is 10.1. The van der Waals surface area contributed by atoms with Crippen molar-refractivity contribution in [2.45, 2.75) is 39.5 Å². The van der Waals surface area contributed by atoms with Crippen LogP contribution in [0, 0.1) is 0 Å². The van der Waals surface area contributed by atoms with Crippen LogP contribution in [0.15, 0.2) is 0 Å². The van der Waals surface area contributed by atoms with Crippen molar-refractivity contribution in [3.63, 3.8) is 0 Å². The average Bonchev–Trinajstić information content (AvgIpc) is 2.95. The Balaban J connectivity index is 0.000000228. The molecule has 0 aromatic rings. The first-order valence-corrected chi connectivity index (χ1v) is 6.31. The van der Waals surface area contributed by atoms with Crippen molar-refractivity contribution < 1.29 is 14.3 Å². The van der Waals surface area contributed by atoms with Gasteiger partial charge in [0.05, 0.1) is 0 Å². The fourth-order valence-electron chi connectivity index (χ4n) is 1.33. The minimum Gasteiger partial charge on any atom is -0.382 e. The third-order valence-corrected chi connectivity index (χ3v) is 2.21. The van der Waals surface area contributed by atoms with E-state index in [-0.39, 0.29) is 11.8 Å². The molecule has 0 saturated carbocycles. The molecule has 0 aromatic heterocycles. The first kappa shape index (κ1) is 15.9. The molecule has 2 N–H and O–H groups in total. The predicted molar refractivity (Wildman–Crippen MR) is 66.7 cm³/mol. The number of ether oxygens (including phenoxy) is 1. The number of hydrogen-bond acceptors (Lipinski definition) is 3. The Hall–Kier alpha value is -1.10. The molecular formula is C12H24N2O3. The highest BCUT2D eigenvalue weighted by atomic mass is 16.5. The summed E-state index contributed by atoms with van der Waals surface area (Å²) in [6.45, 7) is 7.44. The van der Waals surface area contributed by atoms with Gasteiger partial charge in [-0.25, -0.2) is 0 Å². The summed E-state index contributed by atoms with van der Waals surface area (Å²) in [7, 11) is 0. The molecule has 5 heteroatoms. The van der Waals surface area contributed by atoms with Gasteiger partial charge in [-0.2, -0.15) is 0 Å². The summed E-state index contributed by atoms with van der Waals surface area (Å²) in [5, 5.41) is 5.36. The van der Waals surface area contributed by atoms with Crippen molar-refractivity contribution in [2.75, 3.05) is 26.3 Å². The molecule has 2 aliphatic rings. The van der Waals surface area contributed by atoms with Gasteiger partial charge in [0.25, 0.3) is 0 Å². The summed E-state index contributed by atoms with van der Waals surface area (Å²) >= 11 is 0. The number of amides is 2. The van der Waals surface area contributed by atoms with E-state index in [1.54, 1.807) is 0 Å². The highest BCUT2D eigenvalue weighted by molar-refractivity contribution is 5.77. The zero-order chi connectivity index (χ0) is 12.9. The van der Waals surface area contributed by atoms with Gasteiger partial charge >= 0.3 is 0 Å². The number of hydrogen-bond donors (Lipinski definition) is 2. The van der Waals surface area contributed by atoms with E-state index in [1.807, 2.05) is 13.8 Å². The van der Waals surface area contributed by atoms with E-state index in [0.29, 0.717) is 0 Å². The second-order valence-corrected chi connectivity index (χ2v) is 3.69. The molecule has 17 heavy (non-hydrogen) atoms. The molecule has 5 nitrogen and oxygen atoms in total. The molecule has 2 saturated heterocycles. The van der Waals surface area contributed by atoms with Crippen molar-refractivity contribution in [1.82, 2.24) is 10.6 Å². The van der Waals surface area contributed by atoms with Crippen molar-refractivity contribution in [1.29, 1.82) is 0 Å². The number of nitrogens with one attached hydrogen (secondary N) is 2. The van der Waals surface area contributed by atoms with Crippen LogP contribution < -0.4 is 10.6 Å². The molecule has 0 radical (unpaired) electrons. The lowest BCUT2D eigenvalue weighted by molar-refractivity contribution is -0.119. The van der Waals surface area contributed by atoms with Gasteiger partial charge in [-0.15, -0.1) is 0 Å². The number of carbonyl (C=O) groups is 2. The van der Waals surface area contributed by atoms with Gasteiger partial charge in [0, 0.05) is 39.1 Å². The monoisotopic (exact) mass is 244 g/mol. The van der Waals surface area contributed by atoms with E-state index in [2.05, 4.69) is 10.6 Å². The molecule has 2 heterocycles. The van der Waals surface area contributed by atoms with Gasteiger partial charge in [-0.1, -0.05) is 0 Å². The number of carbonyl (C=O) groups excluding carboxylic acids is 2. The lowest BCUT2D eigenvalue weighted by Crippen LogP contribution is -2.12. The third-order valence-electron chi connectivity index (χ3n) is 2.21. The van der Waals surface area contributed by atoms with Crippen LogP contribution in [0.5, 0.6) is 0 Å². The maximum Gasteiger partial charge on any atom is 0.220 e. The van der Waals surface area contributed by atoms with Crippen LogP contribution in [0.4, 0.5) is 0 Å². The fourth-order valence-corrected chi connectivity index (χ4v) is 1.33. The van der Waals surface area contributed by atoms with Gasteiger partial charge in [0.15, 0.2) is 0 Å². The van der Waals surface area contributed by atoms with Crippen LogP contribution in [0.3, 0.4) is 0 Å². The summed E-state index contributed by atoms with van der Waals surface area (Å²) in [5.41, 5.74) is 0. The van der Waals surface area contributed by atoms with E-state index in [4.69, 9.17) is 4.74 Å². The van der Waals surface area contributed by atoms with Crippen molar-refractivity contribution in [3.05, 3.63) is 0 Å². The van der Waals surface area contributed by atoms with Crippen molar-refractivity contribution in [3.8, 4) is 0 Å². The Kier molecular flexibility index (Phi) is 10.7. The zero-order valence-corrected chi connectivity index (χ0v) is 10.9. The normalized spacial score (nSPS) is 17.3. The summed E-state index contributed by atoms with van der Waals surface area (Å²) < 4.78 is 4.83. The lowest BCUT2D eigenvalue weighted by Gasteiger charge is -1.86. The third kappa shape index (κ3) is 11.2. The molecule has 2 amide bonds. The minimum absolute atomic E-state index is 0.204. The summed E-state index contributed by atoms with van der Waals surface area (Å²) in [4.78, 5) is 20.3. The molecule has 2 rings (SSSR count). The molecule has 0 unspecified atom stereocenters. The Morgan fingerprint density at radius 3 is 1.41 bits per heavy atom. The van der Waals surface area contributed by atoms with Crippen LogP contribution in [0.1, 0.15) is 39.5 Å². The van der Waals surface area contributed by atoms with Crippen molar-refractivity contribution in [2.24, 2.45) is 0 Å². The predicted octanol–water partition coefficient (Wildman–Crippen LogP) is 0.836. The van der Waals surface area contributed by atoms with Crippen LogP contribution >= 0.6 is 0 Å². The average molecular weight is 244 g/mol. The Labute approximate surface area is 103 Å². The van der Waals surface area contributed by atoms with Crippen LogP contribution in [-0.2, 0) is 14.3 Å². The molecule has 0 bridgehead atoms. The van der Waals surface area contributed by atoms with Gasteiger partial charge < -0.3 is 15.4 Å². The largest absolute Gasteiger partial charge is 0.382 e. The molecule has 0 aromatic carbocycles. The first-order valence-electron chi connectivity index (χ1n) is 6.31. The Bertz CT molecular complexity index is 182. The molecule has 0 aliphatic carbocycles. The van der Waals surface area contributed by atoms with Gasteiger partial charge in [-0.3, -0.25) is 9.59 Å². The molecule has 2 aliphatic heterocycles. The van der Waals surface area contributed by atoms with Gasteiger partial charge in [-0.05, 0) is 26.7 Å². The second kappa shape index (κ2) is 11.4.